The van der Waals surface area contributed by atoms with E-state index >= 15 is 0 Å². The third-order valence-corrected chi connectivity index (χ3v) is 10.9. The number of rotatable bonds is 6. The second-order valence-electron chi connectivity index (χ2n) is 13.0. The highest BCUT2D eigenvalue weighted by Gasteiger charge is 2.49. The van der Waals surface area contributed by atoms with Crippen molar-refractivity contribution in [2.45, 2.75) is 79.4 Å². The van der Waals surface area contributed by atoms with Crippen LogP contribution in [0.5, 0.6) is 0 Å². The van der Waals surface area contributed by atoms with Crippen molar-refractivity contribution in [1.82, 2.24) is 20.6 Å². The molecular weight excluding hydrogens is 568 g/mol. The van der Waals surface area contributed by atoms with Crippen molar-refractivity contribution in [2.75, 3.05) is 14.2 Å². The summed E-state index contributed by atoms with van der Waals surface area (Å²) in [6.45, 7) is 12.9. The molecule has 4 aliphatic rings. The average molecular weight is 615 g/mol. The van der Waals surface area contributed by atoms with Gasteiger partial charge in [0.15, 0.2) is 0 Å². The maximum Gasteiger partial charge on any atom is 0.315 e. The first kappa shape index (κ1) is 31.0. The van der Waals surface area contributed by atoms with Crippen LogP contribution in [0.4, 0.5) is 0 Å². The zero-order chi connectivity index (χ0) is 32.3. The number of H-pyrrole nitrogens is 2. The maximum absolute atomic E-state index is 13.4. The number of carbonyl (C=O) groups excluding carboxylic acids is 2. The van der Waals surface area contributed by atoms with Crippen molar-refractivity contribution in [3.8, 4) is 0 Å². The van der Waals surface area contributed by atoms with Crippen molar-refractivity contribution < 1.29 is 24.2 Å². The number of carbonyl (C=O) groups is 2. The Balaban J connectivity index is 1.66. The molecule has 6 atom stereocenters. The molecule has 0 radical (unpaired) electrons. The Bertz CT molecular complexity index is 1790. The van der Waals surface area contributed by atoms with Crippen LogP contribution in [0.2, 0.25) is 0 Å². The minimum absolute atomic E-state index is 0.0402. The summed E-state index contributed by atoms with van der Waals surface area (Å²) in [6.07, 6.45) is 8.17. The number of hydrogen-bond acceptors (Lipinski definition) is 7. The van der Waals surface area contributed by atoms with Crippen molar-refractivity contribution in [3.05, 3.63) is 73.1 Å². The molecule has 45 heavy (non-hydrogen) atoms. The van der Waals surface area contributed by atoms with Crippen LogP contribution in [0.25, 0.3) is 17.7 Å². The van der Waals surface area contributed by atoms with Crippen molar-refractivity contribution in [3.63, 3.8) is 0 Å². The number of aliphatic hydroxyl groups excluding tert-OH is 1. The van der Waals surface area contributed by atoms with E-state index in [1.807, 2.05) is 6.92 Å². The summed E-state index contributed by atoms with van der Waals surface area (Å²) < 4.78 is 10.3. The highest BCUT2D eigenvalue weighted by molar-refractivity contribution is 5.88. The summed E-state index contributed by atoms with van der Waals surface area (Å²) in [6, 6.07) is -0.320. The number of nitrogens with one attached hydrogen (secondary N) is 4. The van der Waals surface area contributed by atoms with Crippen LogP contribution in [0.3, 0.4) is 0 Å². The molecule has 9 nitrogen and oxygen atoms in total. The Kier molecular flexibility index (Phi) is 8.10. The molecule has 2 aromatic heterocycles. The number of ether oxygens (including phenoxy) is 2. The lowest BCUT2D eigenvalue weighted by molar-refractivity contribution is -0.146. The summed E-state index contributed by atoms with van der Waals surface area (Å²) in [5, 5.41) is 21.0. The molecule has 0 spiro atoms. The monoisotopic (exact) mass is 614 g/mol. The van der Waals surface area contributed by atoms with E-state index in [0.29, 0.717) is 6.42 Å². The average Bonchev–Trinajstić information content (AvgIpc) is 3.76. The largest absolute Gasteiger partial charge is 0.469 e. The Hall–Kier alpha value is -3.98. The molecule has 2 aromatic rings. The number of esters is 2. The van der Waals surface area contributed by atoms with Crippen LogP contribution in [-0.2, 0) is 25.5 Å². The molecule has 1 aliphatic carbocycles. The van der Waals surface area contributed by atoms with Gasteiger partial charge in [-0.1, -0.05) is 20.8 Å². The molecule has 240 valence electrons. The first-order chi connectivity index (χ1) is 21.5. The second-order valence-corrected chi connectivity index (χ2v) is 13.0. The number of aromatic nitrogens is 2. The van der Waals surface area contributed by atoms with E-state index in [1.165, 1.54) is 36.6 Å². The van der Waals surface area contributed by atoms with Gasteiger partial charge in [-0.05, 0) is 92.0 Å². The zero-order valence-corrected chi connectivity index (χ0v) is 27.6. The Morgan fingerprint density at radius 2 is 1.71 bits per heavy atom. The summed E-state index contributed by atoms with van der Waals surface area (Å²) in [4.78, 5) is 33.1. The third-order valence-electron chi connectivity index (χ3n) is 10.9. The van der Waals surface area contributed by atoms with E-state index in [1.54, 1.807) is 0 Å². The van der Waals surface area contributed by atoms with Crippen LogP contribution >= 0.6 is 0 Å². The molecule has 1 saturated heterocycles. The minimum Gasteiger partial charge on any atom is -0.469 e. The topological polar surface area (TPSA) is 128 Å². The fourth-order valence-electron chi connectivity index (χ4n) is 8.25. The van der Waals surface area contributed by atoms with E-state index in [2.05, 4.69) is 73.4 Å². The highest BCUT2D eigenvalue weighted by atomic mass is 16.5. The van der Waals surface area contributed by atoms with Crippen LogP contribution in [0.1, 0.15) is 86.7 Å². The van der Waals surface area contributed by atoms with Gasteiger partial charge >= 0.3 is 11.9 Å². The Labute approximate surface area is 264 Å². The lowest BCUT2D eigenvalue weighted by Gasteiger charge is -2.27. The molecular formula is C36H46N4O5. The maximum atomic E-state index is 13.4. The minimum atomic E-state index is -1.06. The Morgan fingerprint density at radius 1 is 0.956 bits per heavy atom. The van der Waals surface area contributed by atoms with E-state index in [0.717, 1.165) is 63.0 Å². The van der Waals surface area contributed by atoms with E-state index < -0.39 is 18.0 Å². The summed E-state index contributed by atoms with van der Waals surface area (Å²) in [5.74, 6) is -1.36. The number of aliphatic hydroxyl groups is 1. The lowest BCUT2D eigenvalue weighted by atomic mass is 9.80. The highest BCUT2D eigenvalue weighted by Crippen LogP contribution is 2.45. The van der Waals surface area contributed by atoms with Gasteiger partial charge in [0.05, 0.1) is 26.4 Å². The van der Waals surface area contributed by atoms with E-state index in [-0.39, 0.29) is 36.2 Å². The van der Waals surface area contributed by atoms with Gasteiger partial charge in [-0.15, -0.1) is 0 Å². The van der Waals surface area contributed by atoms with Crippen LogP contribution in [0, 0.1) is 37.5 Å². The van der Waals surface area contributed by atoms with E-state index in [4.69, 9.17) is 9.47 Å². The van der Waals surface area contributed by atoms with Gasteiger partial charge in [-0.2, -0.15) is 0 Å². The molecule has 1 fully saturated rings. The quantitative estimate of drug-likeness (QED) is 0.314. The van der Waals surface area contributed by atoms with Gasteiger partial charge in [0.25, 0.3) is 0 Å². The summed E-state index contributed by atoms with van der Waals surface area (Å²) >= 11 is 0. The Morgan fingerprint density at radius 3 is 2.38 bits per heavy atom. The molecule has 6 rings (SSSR count). The summed E-state index contributed by atoms with van der Waals surface area (Å²) in [5.41, 5.74) is 11.5. The molecule has 0 aromatic carbocycles. The van der Waals surface area contributed by atoms with Gasteiger partial charge in [0.2, 0.25) is 0 Å². The molecule has 5 heterocycles. The fraction of sp³-hybridized carbons (Fsp3) is 0.500. The number of hydrogen-bond donors (Lipinski definition) is 5. The number of fused-ring (bicyclic) bond motifs is 8. The number of allylic oxidation sites excluding steroid dienone is 3. The second kappa shape index (κ2) is 11.7. The van der Waals surface area contributed by atoms with Gasteiger partial charge in [-0.25, -0.2) is 0 Å². The molecule has 1 unspecified atom stereocenters. The van der Waals surface area contributed by atoms with Crippen molar-refractivity contribution in [1.29, 1.82) is 0 Å². The molecule has 8 bridgehead atoms. The van der Waals surface area contributed by atoms with Gasteiger partial charge < -0.3 is 35.2 Å². The molecule has 5 N–H and O–H groups in total. The predicted molar refractivity (Wildman–Crippen MR) is 174 cm³/mol. The number of aromatic amines is 2. The lowest BCUT2D eigenvalue weighted by Crippen LogP contribution is -2.37. The van der Waals surface area contributed by atoms with E-state index in [9.17, 15) is 14.7 Å². The van der Waals surface area contributed by atoms with Crippen molar-refractivity contribution >= 4 is 29.7 Å². The molecule has 0 amide bonds. The van der Waals surface area contributed by atoms with Gasteiger partial charge in [0, 0.05) is 63.0 Å². The smallest absolute Gasteiger partial charge is 0.315 e. The fourth-order valence-corrected chi connectivity index (χ4v) is 8.25. The number of methoxy groups -OCH3 is 2. The first-order valence-electron chi connectivity index (χ1n) is 16.2. The SMILES string of the molecule is CCc1c2[nH]c(c1C)/C=C1\NC(=C(C)[C@H]1CC)/C=C1\NC(C3=c4[nH]/c(c(C)c4[C@H](O)[C@@H]3C(=O)OC)=C\2)[C@@H](CCC(=O)OC)[C@@H]1C. The van der Waals surface area contributed by atoms with Crippen molar-refractivity contribution in [2.24, 2.45) is 23.7 Å². The predicted octanol–water partition coefficient (Wildman–Crippen LogP) is 3.66. The third kappa shape index (κ3) is 4.87. The molecule has 3 aliphatic heterocycles. The first-order valence-corrected chi connectivity index (χ1v) is 16.2. The van der Waals surface area contributed by atoms with Crippen LogP contribution < -0.4 is 21.3 Å². The van der Waals surface area contributed by atoms with Crippen LogP contribution in [0.15, 0.2) is 28.7 Å². The van der Waals surface area contributed by atoms with Gasteiger partial charge in [-0.3, -0.25) is 9.59 Å². The normalized spacial score (nSPS) is 29.7. The summed E-state index contributed by atoms with van der Waals surface area (Å²) in [7, 11) is 2.77. The standard InChI is InChI=1S/C36H46N4O5/c1-9-20-16(3)23-13-25-18(5)22(11-12-29(41)44-7)33(39-25)31-32(36(43)45-8)35(42)30-19(6)26(40-34(30)31)15-28-21(10-2)17(4)24(38-28)14-27(20)37-23/h13-15,18,20,22,32-33,35,37-40,42H,9-12H2,1-8H3/b25-13-,26-15-,27-14-/t18-,20+,22-,32+,33?,35-/m0/s1. The molecule has 9 heteroatoms. The van der Waals surface area contributed by atoms with Crippen LogP contribution in [-0.4, -0.2) is 47.3 Å². The molecule has 0 saturated carbocycles. The van der Waals surface area contributed by atoms with Gasteiger partial charge in [0.1, 0.15) is 5.92 Å². The zero-order valence-electron chi connectivity index (χ0n) is 27.6.